The third-order valence-corrected chi connectivity index (χ3v) is 3.06. The number of ether oxygens (including phenoxy) is 1. The zero-order valence-electron chi connectivity index (χ0n) is 12.8. The largest absolute Gasteiger partial charge is 0.462 e. The molecule has 3 aromatic rings. The van der Waals surface area contributed by atoms with Crippen molar-refractivity contribution in [2.24, 2.45) is 5.10 Å². The van der Waals surface area contributed by atoms with Crippen LogP contribution in [0.4, 0.5) is 5.95 Å². The van der Waals surface area contributed by atoms with Crippen LogP contribution >= 0.6 is 0 Å². The first-order valence-corrected chi connectivity index (χ1v) is 7.13. The van der Waals surface area contributed by atoms with Gasteiger partial charge in [0.1, 0.15) is 11.5 Å². The Morgan fingerprint density at radius 1 is 1.42 bits per heavy atom. The van der Waals surface area contributed by atoms with E-state index in [0.717, 1.165) is 10.4 Å². The van der Waals surface area contributed by atoms with Gasteiger partial charge in [-0.25, -0.2) is 4.79 Å². The molecule has 1 aromatic carbocycles. The summed E-state index contributed by atoms with van der Waals surface area (Å²) in [6.45, 7) is 2.09. The molecule has 24 heavy (non-hydrogen) atoms. The van der Waals surface area contributed by atoms with Crippen LogP contribution in [0, 0.1) is 0 Å². The van der Waals surface area contributed by atoms with Crippen molar-refractivity contribution in [1.82, 2.24) is 20.3 Å². The van der Waals surface area contributed by atoms with Gasteiger partial charge in [-0.3, -0.25) is 0 Å². The van der Waals surface area contributed by atoms with Crippen LogP contribution in [-0.4, -0.2) is 39.1 Å². The van der Waals surface area contributed by atoms with Gasteiger partial charge in [0, 0.05) is 5.56 Å². The summed E-state index contributed by atoms with van der Waals surface area (Å²) in [5, 5.41) is 14.5. The fourth-order valence-electron chi connectivity index (χ4n) is 1.97. The molecule has 0 unspecified atom stereocenters. The minimum atomic E-state index is -0.373. The van der Waals surface area contributed by atoms with Gasteiger partial charge in [0.25, 0.3) is 5.95 Å². The van der Waals surface area contributed by atoms with Crippen molar-refractivity contribution >= 4 is 18.1 Å². The van der Waals surface area contributed by atoms with Gasteiger partial charge in [-0.05, 0) is 41.6 Å². The zero-order valence-corrected chi connectivity index (χ0v) is 12.8. The van der Waals surface area contributed by atoms with E-state index in [1.165, 1.54) is 6.21 Å². The Bertz CT molecular complexity index is 883. The van der Waals surface area contributed by atoms with Crippen LogP contribution in [0.15, 0.2) is 45.9 Å². The van der Waals surface area contributed by atoms with Crippen molar-refractivity contribution in [1.29, 1.82) is 0 Å². The Kier molecular flexibility index (Phi) is 4.32. The Labute approximate surface area is 136 Å². The van der Waals surface area contributed by atoms with Gasteiger partial charge in [0.05, 0.1) is 18.4 Å². The van der Waals surface area contributed by atoms with E-state index in [9.17, 15) is 4.79 Å². The quantitative estimate of drug-likeness (QED) is 0.558. The summed E-state index contributed by atoms with van der Waals surface area (Å²) >= 11 is 0. The zero-order chi connectivity index (χ0) is 16.9. The highest BCUT2D eigenvalue weighted by Crippen LogP contribution is 2.23. The SMILES string of the molecule is CCOC(=O)c1cccc(-c2ccc(C=Nn3nnnc3N)o2)c1. The molecule has 0 fully saturated rings. The molecule has 0 saturated carbocycles. The monoisotopic (exact) mass is 326 g/mol. The normalized spacial score (nSPS) is 11.0. The van der Waals surface area contributed by atoms with Crippen molar-refractivity contribution in [2.45, 2.75) is 6.92 Å². The molecule has 0 saturated heterocycles. The van der Waals surface area contributed by atoms with Gasteiger partial charge >= 0.3 is 5.97 Å². The molecule has 0 aliphatic carbocycles. The molecule has 9 nitrogen and oxygen atoms in total. The smallest absolute Gasteiger partial charge is 0.338 e. The van der Waals surface area contributed by atoms with Crippen molar-refractivity contribution in [3.8, 4) is 11.3 Å². The van der Waals surface area contributed by atoms with Crippen LogP contribution in [0.2, 0.25) is 0 Å². The number of hydrogen-bond acceptors (Lipinski definition) is 8. The Morgan fingerprint density at radius 2 is 2.29 bits per heavy atom. The highest BCUT2D eigenvalue weighted by molar-refractivity contribution is 5.90. The lowest BCUT2D eigenvalue weighted by molar-refractivity contribution is 0.0526. The summed E-state index contributed by atoms with van der Waals surface area (Å²) in [5.41, 5.74) is 6.72. The number of tetrazole rings is 1. The summed E-state index contributed by atoms with van der Waals surface area (Å²) in [7, 11) is 0. The summed E-state index contributed by atoms with van der Waals surface area (Å²) < 4.78 is 10.7. The molecular weight excluding hydrogens is 312 g/mol. The van der Waals surface area contributed by atoms with E-state index in [4.69, 9.17) is 14.9 Å². The lowest BCUT2D eigenvalue weighted by Crippen LogP contribution is -2.04. The summed E-state index contributed by atoms with van der Waals surface area (Å²) in [5.74, 6) is 0.774. The summed E-state index contributed by atoms with van der Waals surface area (Å²) in [4.78, 5) is 12.9. The van der Waals surface area contributed by atoms with Crippen LogP contribution < -0.4 is 5.73 Å². The number of rotatable bonds is 5. The van der Waals surface area contributed by atoms with Crippen molar-refractivity contribution in [2.75, 3.05) is 12.3 Å². The number of carbonyl (C=O) groups is 1. The highest BCUT2D eigenvalue weighted by atomic mass is 16.5. The lowest BCUT2D eigenvalue weighted by atomic mass is 10.1. The molecule has 0 aliphatic heterocycles. The van der Waals surface area contributed by atoms with Crippen molar-refractivity contribution in [3.63, 3.8) is 0 Å². The first-order valence-electron chi connectivity index (χ1n) is 7.13. The molecule has 2 heterocycles. The molecule has 0 atom stereocenters. The first-order chi connectivity index (χ1) is 11.7. The predicted octanol–water partition coefficient (Wildman–Crippen LogP) is 1.57. The van der Waals surface area contributed by atoms with Gasteiger partial charge in [0.2, 0.25) is 0 Å². The van der Waals surface area contributed by atoms with Crippen LogP contribution in [-0.2, 0) is 4.74 Å². The topological polar surface area (TPSA) is 121 Å². The maximum Gasteiger partial charge on any atom is 0.338 e. The Balaban J connectivity index is 1.80. The van der Waals surface area contributed by atoms with Crippen molar-refractivity contribution < 1.29 is 13.9 Å². The maximum atomic E-state index is 11.8. The molecule has 2 aromatic heterocycles. The molecule has 0 radical (unpaired) electrons. The number of carbonyl (C=O) groups excluding carboxylic acids is 1. The van der Waals surface area contributed by atoms with Gasteiger partial charge in [-0.1, -0.05) is 22.0 Å². The number of benzene rings is 1. The Morgan fingerprint density at radius 3 is 3.04 bits per heavy atom. The van der Waals surface area contributed by atoms with Crippen LogP contribution in [0.5, 0.6) is 0 Å². The summed E-state index contributed by atoms with van der Waals surface area (Å²) in [6, 6.07) is 10.5. The van der Waals surface area contributed by atoms with E-state index in [1.807, 2.05) is 6.07 Å². The summed E-state index contributed by atoms with van der Waals surface area (Å²) in [6.07, 6.45) is 1.44. The lowest BCUT2D eigenvalue weighted by Gasteiger charge is -2.03. The van der Waals surface area contributed by atoms with E-state index in [-0.39, 0.29) is 11.9 Å². The molecule has 0 aliphatic rings. The van der Waals surface area contributed by atoms with E-state index in [1.54, 1.807) is 37.3 Å². The van der Waals surface area contributed by atoms with Crippen LogP contribution in [0.1, 0.15) is 23.0 Å². The molecular formula is C15H14N6O3. The second-order valence-electron chi connectivity index (χ2n) is 4.67. The molecule has 3 rings (SSSR count). The molecule has 2 N–H and O–H groups in total. The van der Waals surface area contributed by atoms with E-state index in [2.05, 4.69) is 20.6 Å². The number of nitrogen functional groups attached to an aromatic ring is 1. The molecule has 9 heteroatoms. The third kappa shape index (κ3) is 3.29. The van der Waals surface area contributed by atoms with Gasteiger partial charge in [-0.15, -0.1) is 0 Å². The minimum Gasteiger partial charge on any atom is -0.462 e. The van der Waals surface area contributed by atoms with E-state index < -0.39 is 0 Å². The second-order valence-corrected chi connectivity index (χ2v) is 4.67. The minimum absolute atomic E-state index is 0.0696. The Hall–Kier alpha value is -3.49. The van der Waals surface area contributed by atoms with E-state index >= 15 is 0 Å². The molecule has 122 valence electrons. The molecule has 0 spiro atoms. The maximum absolute atomic E-state index is 11.8. The highest BCUT2D eigenvalue weighted by Gasteiger charge is 2.10. The predicted molar refractivity (Wildman–Crippen MR) is 85.3 cm³/mol. The van der Waals surface area contributed by atoms with Gasteiger partial charge in [-0.2, -0.15) is 5.10 Å². The first kappa shape index (κ1) is 15.4. The number of esters is 1. The van der Waals surface area contributed by atoms with Crippen molar-refractivity contribution in [3.05, 3.63) is 47.7 Å². The average Bonchev–Trinajstić information content (AvgIpc) is 3.22. The van der Waals surface area contributed by atoms with Gasteiger partial charge in [0.15, 0.2) is 0 Å². The molecule has 0 bridgehead atoms. The van der Waals surface area contributed by atoms with Gasteiger partial charge < -0.3 is 14.9 Å². The standard InChI is InChI=1S/C15H14N6O3/c1-2-23-14(22)11-5-3-4-10(8-11)13-7-6-12(24-13)9-17-21-15(16)18-19-20-21/h3-9H,2H2,1H3,(H2,16,18,20). The number of nitrogens with zero attached hydrogens (tertiary/aromatic N) is 5. The number of anilines is 1. The fourth-order valence-corrected chi connectivity index (χ4v) is 1.97. The number of nitrogens with two attached hydrogens (primary N) is 1. The average molecular weight is 326 g/mol. The van der Waals surface area contributed by atoms with Crippen LogP contribution in [0.3, 0.4) is 0 Å². The third-order valence-electron chi connectivity index (χ3n) is 3.06. The number of aromatic nitrogens is 4. The second kappa shape index (κ2) is 6.73. The molecule has 0 amide bonds. The number of furan rings is 1. The van der Waals surface area contributed by atoms with E-state index in [0.29, 0.717) is 23.7 Å². The number of hydrogen-bond donors (Lipinski definition) is 1. The van der Waals surface area contributed by atoms with Crippen LogP contribution in [0.25, 0.3) is 11.3 Å². The fraction of sp³-hybridized carbons (Fsp3) is 0.133.